The van der Waals surface area contributed by atoms with Gasteiger partial charge in [0.25, 0.3) is 5.91 Å². The van der Waals surface area contributed by atoms with Gasteiger partial charge in [0.2, 0.25) is 0 Å². The number of urea groups is 1. The summed E-state index contributed by atoms with van der Waals surface area (Å²) in [5, 5.41) is 5.03. The summed E-state index contributed by atoms with van der Waals surface area (Å²) in [6.07, 6.45) is 0. The van der Waals surface area contributed by atoms with E-state index < -0.39 is 6.03 Å². The van der Waals surface area contributed by atoms with Crippen LogP contribution in [0, 0.1) is 0 Å². The molecule has 0 fully saturated rings. The van der Waals surface area contributed by atoms with E-state index in [1.165, 1.54) is 0 Å². The molecule has 0 spiro atoms. The summed E-state index contributed by atoms with van der Waals surface area (Å²) in [6.45, 7) is 0.587. The number of nitrogens with one attached hydrogen (secondary N) is 2. The van der Waals surface area contributed by atoms with Crippen LogP contribution in [0.4, 0.5) is 16.2 Å². The van der Waals surface area contributed by atoms with Gasteiger partial charge in [-0.25, -0.2) is 4.79 Å². The Kier molecular flexibility index (Phi) is 4.99. The van der Waals surface area contributed by atoms with Crippen molar-refractivity contribution in [2.24, 2.45) is 5.73 Å². The SMILES string of the molecule is CN(C)c1ccc(C(=O)NCCNC(N)=O)cc1N. The van der Waals surface area contributed by atoms with Crippen LogP contribution in [0.1, 0.15) is 10.4 Å². The summed E-state index contributed by atoms with van der Waals surface area (Å²) in [6, 6.07) is 4.48. The predicted octanol–water partition coefficient (Wildman–Crippen LogP) is -0.267. The Bertz CT molecular complexity index is 473. The van der Waals surface area contributed by atoms with Crippen molar-refractivity contribution in [1.29, 1.82) is 0 Å². The molecule has 0 saturated heterocycles. The minimum Gasteiger partial charge on any atom is -0.397 e. The first-order valence-electron chi connectivity index (χ1n) is 5.80. The number of nitrogen functional groups attached to an aromatic ring is 1. The van der Waals surface area contributed by atoms with Gasteiger partial charge in [0.15, 0.2) is 0 Å². The van der Waals surface area contributed by atoms with Crippen LogP contribution in [-0.2, 0) is 0 Å². The average molecular weight is 265 g/mol. The number of amides is 3. The summed E-state index contributed by atoms with van der Waals surface area (Å²) in [7, 11) is 3.75. The van der Waals surface area contributed by atoms with Crippen LogP contribution >= 0.6 is 0 Å². The van der Waals surface area contributed by atoms with Crippen molar-refractivity contribution in [2.45, 2.75) is 0 Å². The normalized spacial score (nSPS) is 9.79. The third-order valence-corrected chi connectivity index (χ3v) is 2.48. The first-order chi connectivity index (χ1) is 8.91. The molecule has 0 heterocycles. The second kappa shape index (κ2) is 6.48. The Hall–Kier alpha value is -2.44. The Labute approximate surface area is 111 Å². The van der Waals surface area contributed by atoms with E-state index in [1.807, 2.05) is 19.0 Å². The molecular weight excluding hydrogens is 246 g/mol. The zero-order chi connectivity index (χ0) is 14.4. The molecule has 0 saturated carbocycles. The van der Waals surface area contributed by atoms with E-state index in [1.54, 1.807) is 18.2 Å². The Balaban J connectivity index is 2.58. The molecule has 1 aromatic carbocycles. The summed E-state index contributed by atoms with van der Waals surface area (Å²) < 4.78 is 0. The fraction of sp³-hybridized carbons (Fsp3) is 0.333. The van der Waals surface area contributed by atoms with Crippen molar-refractivity contribution < 1.29 is 9.59 Å². The second-order valence-corrected chi connectivity index (χ2v) is 4.21. The molecule has 6 N–H and O–H groups in total. The third-order valence-electron chi connectivity index (χ3n) is 2.48. The maximum Gasteiger partial charge on any atom is 0.312 e. The van der Waals surface area contributed by atoms with Crippen LogP contribution in [0.25, 0.3) is 0 Å². The van der Waals surface area contributed by atoms with E-state index in [0.717, 1.165) is 5.69 Å². The van der Waals surface area contributed by atoms with E-state index in [-0.39, 0.29) is 12.5 Å². The lowest BCUT2D eigenvalue weighted by atomic mass is 10.1. The van der Waals surface area contributed by atoms with E-state index >= 15 is 0 Å². The average Bonchev–Trinajstić information content (AvgIpc) is 2.33. The fourth-order valence-corrected chi connectivity index (χ4v) is 1.57. The highest BCUT2D eigenvalue weighted by atomic mass is 16.2. The maximum atomic E-state index is 11.8. The number of rotatable bonds is 5. The molecule has 0 radical (unpaired) electrons. The number of primary amides is 1. The van der Waals surface area contributed by atoms with Gasteiger partial charge >= 0.3 is 6.03 Å². The molecule has 0 aliphatic heterocycles. The third kappa shape index (κ3) is 4.38. The van der Waals surface area contributed by atoms with Gasteiger partial charge in [0.1, 0.15) is 0 Å². The fourth-order valence-electron chi connectivity index (χ4n) is 1.57. The highest BCUT2D eigenvalue weighted by molar-refractivity contribution is 5.96. The van der Waals surface area contributed by atoms with Gasteiger partial charge in [-0.15, -0.1) is 0 Å². The number of anilines is 2. The molecule has 1 aromatic rings. The first-order valence-corrected chi connectivity index (χ1v) is 5.80. The van der Waals surface area contributed by atoms with Crippen LogP contribution in [-0.4, -0.2) is 39.1 Å². The van der Waals surface area contributed by atoms with Crippen LogP contribution in [0.5, 0.6) is 0 Å². The molecule has 0 unspecified atom stereocenters. The topological polar surface area (TPSA) is 113 Å². The summed E-state index contributed by atoms with van der Waals surface area (Å²) in [5.74, 6) is -0.247. The van der Waals surface area contributed by atoms with Gasteiger partial charge in [0.05, 0.1) is 11.4 Å². The lowest BCUT2D eigenvalue weighted by molar-refractivity contribution is 0.0954. The van der Waals surface area contributed by atoms with E-state index in [9.17, 15) is 9.59 Å². The molecule has 7 heteroatoms. The van der Waals surface area contributed by atoms with Crippen molar-refractivity contribution in [3.8, 4) is 0 Å². The van der Waals surface area contributed by atoms with Crippen LogP contribution in [0.3, 0.4) is 0 Å². The van der Waals surface area contributed by atoms with Gasteiger partial charge in [-0.2, -0.15) is 0 Å². The molecule has 0 aliphatic carbocycles. The summed E-state index contributed by atoms with van der Waals surface area (Å²) >= 11 is 0. The number of hydrogen-bond donors (Lipinski definition) is 4. The Morgan fingerprint density at radius 2 is 1.84 bits per heavy atom. The molecule has 1 rings (SSSR count). The van der Waals surface area contributed by atoms with E-state index in [2.05, 4.69) is 10.6 Å². The van der Waals surface area contributed by atoms with E-state index in [0.29, 0.717) is 17.8 Å². The summed E-state index contributed by atoms with van der Waals surface area (Å²) in [4.78, 5) is 24.1. The van der Waals surface area contributed by atoms with Gasteiger partial charge in [-0.05, 0) is 18.2 Å². The molecule has 0 atom stereocenters. The van der Waals surface area contributed by atoms with Crippen molar-refractivity contribution >= 4 is 23.3 Å². The first kappa shape index (κ1) is 14.6. The number of nitrogens with two attached hydrogens (primary N) is 2. The zero-order valence-electron chi connectivity index (χ0n) is 11.1. The second-order valence-electron chi connectivity index (χ2n) is 4.21. The van der Waals surface area contributed by atoms with Gasteiger partial charge < -0.3 is 27.0 Å². The zero-order valence-corrected chi connectivity index (χ0v) is 11.1. The molecule has 0 bridgehead atoms. The number of carbonyl (C=O) groups excluding carboxylic acids is 2. The number of nitrogens with zero attached hydrogens (tertiary/aromatic N) is 1. The van der Waals surface area contributed by atoms with Gasteiger partial charge in [-0.3, -0.25) is 4.79 Å². The monoisotopic (exact) mass is 265 g/mol. The molecular formula is C12H19N5O2. The quantitative estimate of drug-likeness (QED) is 0.433. The van der Waals surface area contributed by atoms with Crippen LogP contribution < -0.4 is 27.0 Å². The highest BCUT2D eigenvalue weighted by Crippen LogP contribution is 2.22. The van der Waals surface area contributed by atoms with Crippen LogP contribution in [0.15, 0.2) is 18.2 Å². The van der Waals surface area contributed by atoms with Crippen molar-refractivity contribution in [2.75, 3.05) is 37.8 Å². The molecule has 7 nitrogen and oxygen atoms in total. The van der Waals surface area contributed by atoms with Gasteiger partial charge in [-0.1, -0.05) is 0 Å². The largest absolute Gasteiger partial charge is 0.397 e. The minimum absolute atomic E-state index is 0.247. The van der Waals surface area contributed by atoms with Crippen molar-refractivity contribution in [1.82, 2.24) is 10.6 Å². The Morgan fingerprint density at radius 3 is 2.37 bits per heavy atom. The van der Waals surface area contributed by atoms with Crippen LogP contribution in [0.2, 0.25) is 0 Å². The molecule has 0 aliphatic rings. The van der Waals surface area contributed by atoms with Crippen molar-refractivity contribution in [3.63, 3.8) is 0 Å². The number of hydrogen-bond acceptors (Lipinski definition) is 4. The smallest absolute Gasteiger partial charge is 0.312 e. The Morgan fingerprint density at radius 1 is 1.21 bits per heavy atom. The lowest BCUT2D eigenvalue weighted by Crippen LogP contribution is -2.37. The maximum absolute atomic E-state index is 11.8. The molecule has 0 aromatic heterocycles. The number of carbonyl (C=O) groups is 2. The number of benzene rings is 1. The predicted molar refractivity (Wildman–Crippen MR) is 75.1 cm³/mol. The lowest BCUT2D eigenvalue weighted by Gasteiger charge is -2.15. The van der Waals surface area contributed by atoms with Crippen molar-refractivity contribution in [3.05, 3.63) is 23.8 Å². The molecule has 104 valence electrons. The highest BCUT2D eigenvalue weighted by Gasteiger charge is 2.08. The van der Waals surface area contributed by atoms with E-state index in [4.69, 9.17) is 11.5 Å². The van der Waals surface area contributed by atoms with Gasteiger partial charge in [0, 0.05) is 32.7 Å². The molecule has 19 heavy (non-hydrogen) atoms. The standard InChI is InChI=1S/C12H19N5O2/c1-17(2)10-4-3-8(7-9(10)13)11(18)15-5-6-16-12(14)19/h3-4,7H,5-6,13H2,1-2H3,(H,15,18)(H3,14,16,19). The molecule has 3 amide bonds. The minimum atomic E-state index is -0.617. The summed E-state index contributed by atoms with van der Waals surface area (Å²) in [5.41, 5.74) is 12.6.